The number of pyridine rings is 1. The van der Waals surface area contributed by atoms with E-state index in [1.165, 1.54) is 0 Å². The molecule has 6 nitrogen and oxygen atoms in total. The van der Waals surface area contributed by atoms with Crippen molar-refractivity contribution in [2.75, 3.05) is 19.6 Å². The highest BCUT2D eigenvalue weighted by molar-refractivity contribution is 6.09. The van der Waals surface area contributed by atoms with Gasteiger partial charge in [-0.1, -0.05) is 12.1 Å². The number of Topliss-reactive ketones (excluding diaryl/α,β-unsaturated/α-hetero) is 1. The van der Waals surface area contributed by atoms with Crippen LogP contribution in [0.1, 0.15) is 34.5 Å². The molecule has 3 aromatic rings. The van der Waals surface area contributed by atoms with Gasteiger partial charge in [0.25, 0.3) is 0 Å². The summed E-state index contributed by atoms with van der Waals surface area (Å²) in [6.07, 6.45) is 2.95. The Hall–Kier alpha value is -3.01. The van der Waals surface area contributed by atoms with Crippen LogP contribution in [-0.4, -0.2) is 51.1 Å². The number of carbonyl (C=O) groups excluding carboxylic acids is 1. The third-order valence-corrected chi connectivity index (χ3v) is 5.62. The van der Waals surface area contributed by atoms with Crippen molar-refractivity contribution in [1.29, 1.82) is 0 Å². The number of hydrogen-bond donors (Lipinski definition) is 1. The Labute approximate surface area is 170 Å². The summed E-state index contributed by atoms with van der Waals surface area (Å²) in [5.41, 5.74) is 5.64. The maximum absolute atomic E-state index is 13.3. The molecule has 1 aliphatic heterocycles. The van der Waals surface area contributed by atoms with E-state index in [1.54, 1.807) is 18.3 Å². The Morgan fingerprint density at radius 2 is 1.93 bits per heavy atom. The molecular formula is C23H24N4O2. The van der Waals surface area contributed by atoms with Gasteiger partial charge in [0.05, 0.1) is 35.8 Å². The molecule has 0 unspecified atom stereocenters. The second-order valence-electron chi connectivity index (χ2n) is 7.73. The van der Waals surface area contributed by atoms with Crippen LogP contribution in [0.4, 0.5) is 5.69 Å². The number of rotatable bonds is 4. The maximum atomic E-state index is 13.3. The summed E-state index contributed by atoms with van der Waals surface area (Å²) in [7, 11) is 0. The number of fused-ring (bicyclic) bond motifs is 1. The minimum atomic E-state index is -0.256. The predicted octanol–water partition coefficient (Wildman–Crippen LogP) is 3.83. The normalized spacial score (nSPS) is 15.5. The van der Waals surface area contributed by atoms with Gasteiger partial charge >= 0.3 is 0 Å². The van der Waals surface area contributed by atoms with Crippen molar-refractivity contribution in [1.82, 2.24) is 14.5 Å². The smallest absolute Gasteiger partial charge is 0.187 e. The zero-order valence-electron chi connectivity index (χ0n) is 16.7. The second kappa shape index (κ2) is 7.78. The van der Waals surface area contributed by atoms with E-state index in [1.807, 2.05) is 32.0 Å². The minimum Gasteiger partial charge on any atom is -0.393 e. The van der Waals surface area contributed by atoms with Crippen molar-refractivity contribution >= 4 is 22.5 Å². The Bertz CT molecular complexity index is 1100. The Kier molecular flexibility index (Phi) is 5.18. The van der Waals surface area contributed by atoms with Gasteiger partial charge in [-0.25, -0.2) is 4.85 Å². The van der Waals surface area contributed by atoms with Gasteiger partial charge in [-0.3, -0.25) is 14.7 Å². The average molecular weight is 388 g/mol. The van der Waals surface area contributed by atoms with Crippen molar-refractivity contribution < 1.29 is 9.90 Å². The molecule has 1 aromatic carbocycles. The van der Waals surface area contributed by atoms with Gasteiger partial charge in [0.2, 0.25) is 0 Å². The first-order valence-electron chi connectivity index (χ1n) is 9.87. The molecule has 0 atom stereocenters. The molecule has 29 heavy (non-hydrogen) atoms. The first-order chi connectivity index (χ1) is 14.0. The number of aliphatic hydroxyl groups is 1. The van der Waals surface area contributed by atoms with Crippen LogP contribution in [-0.2, 0) is 0 Å². The van der Waals surface area contributed by atoms with Crippen LogP contribution in [0.2, 0.25) is 0 Å². The molecule has 148 valence electrons. The highest BCUT2D eigenvalue weighted by Gasteiger charge is 2.25. The largest absolute Gasteiger partial charge is 0.393 e. The third kappa shape index (κ3) is 3.67. The van der Waals surface area contributed by atoms with E-state index in [0.717, 1.165) is 35.6 Å². The summed E-state index contributed by atoms with van der Waals surface area (Å²) in [6, 6.07) is 9.44. The number of aromatic nitrogens is 2. The fourth-order valence-electron chi connectivity index (χ4n) is 4.08. The first kappa shape index (κ1) is 19.3. The molecule has 0 radical (unpaired) electrons. The minimum absolute atomic E-state index is 0.0526. The van der Waals surface area contributed by atoms with E-state index in [0.29, 0.717) is 36.2 Å². The van der Waals surface area contributed by atoms with E-state index >= 15 is 0 Å². The SMILES string of the molecule is [C-]#[N+]c1ccc(-n2c(C)c(C(=O)CN3CCC(O)CC3)c3ncc(C)cc32)cc1. The quantitative estimate of drug-likeness (QED) is 0.545. The lowest BCUT2D eigenvalue weighted by atomic mass is 10.1. The molecule has 6 heteroatoms. The summed E-state index contributed by atoms with van der Waals surface area (Å²) < 4.78 is 2.05. The number of likely N-dealkylation sites (tertiary alicyclic amines) is 1. The molecule has 1 N–H and O–H groups in total. The van der Waals surface area contributed by atoms with Crippen LogP contribution in [0.3, 0.4) is 0 Å². The molecule has 3 heterocycles. The van der Waals surface area contributed by atoms with Crippen molar-refractivity contribution in [2.45, 2.75) is 32.8 Å². The Balaban J connectivity index is 1.77. The monoisotopic (exact) mass is 388 g/mol. The summed E-state index contributed by atoms with van der Waals surface area (Å²) >= 11 is 0. The maximum Gasteiger partial charge on any atom is 0.187 e. The van der Waals surface area contributed by atoms with Gasteiger partial charge in [0.1, 0.15) is 0 Å². The molecule has 1 fully saturated rings. The van der Waals surface area contributed by atoms with Crippen LogP contribution < -0.4 is 0 Å². The van der Waals surface area contributed by atoms with Crippen LogP contribution in [0, 0.1) is 20.4 Å². The standard InChI is InChI=1S/C23H24N4O2/c1-15-12-20-23(25-13-15)22(21(29)14-26-10-8-19(28)9-11-26)16(2)27(20)18-6-4-17(24-3)5-7-18/h4-7,12-13,19,28H,8-11,14H2,1-2H3. The van der Waals surface area contributed by atoms with Crippen molar-refractivity contribution in [3.8, 4) is 5.69 Å². The number of aliphatic hydroxyl groups excluding tert-OH is 1. The van der Waals surface area contributed by atoms with E-state index in [9.17, 15) is 9.90 Å². The molecule has 2 aromatic heterocycles. The molecule has 0 saturated carbocycles. The summed E-state index contributed by atoms with van der Waals surface area (Å²) in [4.78, 5) is 23.4. The van der Waals surface area contributed by atoms with Crippen LogP contribution in [0.25, 0.3) is 21.6 Å². The highest BCUT2D eigenvalue weighted by atomic mass is 16.3. The predicted molar refractivity (Wildman–Crippen MR) is 113 cm³/mol. The zero-order valence-corrected chi connectivity index (χ0v) is 16.7. The summed E-state index contributed by atoms with van der Waals surface area (Å²) in [5, 5.41) is 9.71. The van der Waals surface area contributed by atoms with Crippen molar-refractivity contribution in [3.05, 3.63) is 64.8 Å². The number of nitrogens with zero attached hydrogens (tertiary/aromatic N) is 4. The van der Waals surface area contributed by atoms with Crippen LogP contribution in [0.5, 0.6) is 0 Å². The molecule has 4 rings (SSSR count). The van der Waals surface area contributed by atoms with Gasteiger partial charge in [0, 0.05) is 30.7 Å². The van der Waals surface area contributed by atoms with E-state index in [2.05, 4.69) is 19.3 Å². The van der Waals surface area contributed by atoms with Crippen LogP contribution >= 0.6 is 0 Å². The summed E-state index contributed by atoms with van der Waals surface area (Å²) in [6.45, 7) is 12.9. The molecule has 0 aliphatic carbocycles. The fourth-order valence-corrected chi connectivity index (χ4v) is 4.08. The van der Waals surface area contributed by atoms with E-state index in [4.69, 9.17) is 6.57 Å². The Morgan fingerprint density at radius 3 is 2.59 bits per heavy atom. The molecule has 0 amide bonds. The van der Waals surface area contributed by atoms with Crippen molar-refractivity contribution in [2.24, 2.45) is 0 Å². The first-order valence-corrected chi connectivity index (χ1v) is 9.87. The average Bonchev–Trinajstić information content (AvgIpc) is 3.01. The van der Waals surface area contributed by atoms with Gasteiger partial charge in [-0.15, -0.1) is 0 Å². The van der Waals surface area contributed by atoms with E-state index in [-0.39, 0.29) is 11.9 Å². The van der Waals surface area contributed by atoms with Gasteiger partial charge in [-0.05, 0) is 50.5 Å². The van der Waals surface area contributed by atoms with Gasteiger partial charge in [-0.2, -0.15) is 0 Å². The second-order valence-corrected chi connectivity index (χ2v) is 7.73. The summed E-state index contributed by atoms with van der Waals surface area (Å²) in [5.74, 6) is 0.0526. The molecule has 0 bridgehead atoms. The zero-order chi connectivity index (χ0) is 20.5. The lowest BCUT2D eigenvalue weighted by Gasteiger charge is -2.28. The Morgan fingerprint density at radius 1 is 1.24 bits per heavy atom. The van der Waals surface area contributed by atoms with E-state index < -0.39 is 0 Å². The molecule has 0 spiro atoms. The number of aryl methyl sites for hydroxylation is 1. The molecular weight excluding hydrogens is 364 g/mol. The number of hydrogen-bond acceptors (Lipinski definition) is 4. The highest BCUT2D eigenvalue weighted by Crippen LogP contribution is 2.30. The van der Waals surface area contributed by atoms with Gasteiger partial charge in [0.15, 0.2) is 11.5 Å². The number of benzene rings is 1. The molecule has 1 aliphatic rings. The molecule has 1 saturated heterocycles. The van der Waals surface area contributed by atoms with Gasteiger partial charge < -0.3 is 9.67 Å². The topological polar surface area (TPSA) is 62.7 Å². The lowest BCUT2D eigenvalue weighted by molar-refractivity contribution is 0.0711. The number of carbonyl (C=O) groups is 1. The third-order valence-electron chi connectivity index (χ3n) is 5.62. The van der Waals surface area contributed by atoms with Crippen LogP contribution in [0.15, 0.2) is 36.5 Å². The fraction of sp³-hybridized carbons (Fsp3) is 0.348. The lowest BCUT2D eigenvalue weighted by Crippen LogP contribution is -2.39. The number of ketones is 1. The van der Waals surface area contributed by atoms with Crippen molar-refractivity contribution in [3.63, 3.8) is 0 Å². The number of piperidine rings is 1.